The van der Waals surface area contributed by atoms with Crippen LogP contribution in [0.25, 0.3) is 0 Å². The molecular formula is C12H22N2O2. The van der Waals surface area contributed by atoms with Gasteiger partial charge >= 0.3 is 6.09 Å². The second kappa shape index (κ2) is 4.44. The third-order valence-corrected chi connectivity index (χ3v) is 2.68. The van der Waals surface area contributed by atoms with E-state index in [0.717, 1.165) is 25.0 Å². The molecule has 0 aromatic heterocycles. The van der Waals surface area contributed by atoms with E-state index in [1.54, 1.807) is 0 Å². The Balaban J connectivity index is 2.51. The van der Waals surface area contributed by atoms with Gasteiger partial charge in [-0.3, -0.25) is 0 Å². The molecule has 1 amide bonds. The van der Waals surface area contributed by atoms with Crippen LogP contribution in [0, 0.1) is 5.41 Å². The van der Waals surface area contributed by atoms with Crippen molar-refractivity contribution in [3.05, 3.63) is 0 Å². The molecule has 0 aromatic rings. The SMILES string of the molecule is CC(C)(C)OC(=O)N/N=C1\CCCC1(C)C. The number of rotatable bonds is 1. The van der Waals surface area contributed by atoms with Crippen molar-refractivity contribution in [1.82, 2.24) is 5.43 Å². The number of hydrogen-bond acceptors (Lipinski definition) is 3. The van der Waals surface area contributed by atoms with Gasteiger partial charge < -0.3 is 4.74 Å². The van der Waals surface area contributed by atoms with E-state index < -0.39 is 11.7 Å². The number of ether oxygens (including phenoxy) is 1. The van der Waals surface area contributed by atoms with Crippen LogP contribution >= 0.6 is 0 Å². The summed E-state index contributed by atoms with van der Waals surface area (Å²) in [4.78, 5) is 11.4. The van der Waals surface area contributed by atoms with E-state index in [0.29, 0.717) is 0 Å². The lowest BCUT2D eigenvalue weighted by Gasteiger charge is -2.20. The normalized spacial score (nSPS) is 22.2. The molecule has 0 aliphatic heterocycles. The minimum Gasteiger partial charge on any atom is -0.443 e. The third-order valence-electron chi connectivity index (χ3n) is 2.68. The lowest BCUT2D eigenvalue weighted by molar-refractivity contribution is 0.0529. The van der Waals surface area contributed by atoms with Crippen molar-refractivity contribution in [3.8, 4) is 0 Å². The molecule has 16 heavy (non-hydrogen) atoms. The Bertz CT molecular complexity index is 301. The van der Waals surface area contributed by atoms with E-state index in [9.17, 15) is 4.79 Å². The highest BCUT2D eigenvalue weighted by Gasteiger charge is 2.30. The van der Waals surface area contributed by atoms with Gasteiger partial charge in [-0.2, -0.15) is 5.10 Å². The molecule has 4 nitrogen and oxygen atoms in total. The molecule has 1 aliphatic rings. The van der Waals surface area contributed by atoms with Crippen LogP contribution in [0.15, 0.2) is 5.10 Å². The highest BCUT2D eigenvalue weighted by molar-refractivity contribution is 5.91. The van der Waals surface area contributed by atoms with Crippen LogP contribution in [0.3, 0.4) is 0 Å². The second-order valence-corrected chi connectivity index (χ2v) is 5.91. The van der Waals surface area contributed by atoms with E-state index in [2.05, 4.69) is 24.4 Å². The molecule has 1 N–H and O–H groups in total. The van der Waals surface area contributed by atoms with Gasteiger partial charge in [0.05, 0.1) is 0 Å². The number of nitrogens with zero attached hydrogens (tertiary/aromatic N) is 1. The van der Waals surface area contributed by atoms with Crippen LogP contribution in [0.1, 0.15) is 53.9 Å². The molecule has 0 heterocycles. The predicted octanol–water partition coefficient (Wildman–Crippen LogP) is 3.08. The van der Waals surface area contributed by atoms with Crippen molar-refractivity contribution < 1.29 is 9.53 Å². The van der Waals surface area contributed by atoms with Crippen LogP contribution < -0.4 is 5.43 Å². The number of nitrogens with one attached hydrogen (secondary N) is 1. The fourth-order valence-corrected chi connectivity index (χ4v) is 1.80. The van der Waals surface area contributed by atoms with Crippen molar-refractivity contribution in [2.45, 2.75) is 59.5 Å². The smallest absolute Gasteiger partial charge is 0.428 e. The number of amides is 1. The Kier molecular flexibility index (Phi) is 3.61. The van der Waals surface area contributed by atoms with E-state index >= 15 is 0 Å². The average molecular weight is 226 g/mol. The van der Waals surface area contributed by atoms with Gasteiger partial charge in [0.15, 0.2) is 0 Å². The molecule has 0 radical (unpaired) electrons. The van der Waals surface area contributed by atoms with Crippen LogP contribution in [-0.4, -0.2) is 17.4 Å². The molecule has 0 saturated heterocycles. The standard InChI is InChI=1S/C12H22N2O2/c1-11(2,3)16-10(15)14-13-9-7-6-8-12(9,4)5/h6-8H2,1-5H3,(H,14,15)/b13-9+. The summed E-state index contributed by atoms with van der Waals surface area (Å²) in [6.07, 6.45) is 2.75. The summed E-state index contributed by atoms with van der Waals surface area (Å²) in [5.74, 6) is 0. The number of carbonyl (C=O) groups excluding carboxylic acids is 1. The molecule has 0 bridgehead atoms. The first-order valence-corrected chi connectivity index (χ1v) is 5.77. The maximum absolute atomic E-state index is 11.4. The summed E-state index contributed by atoms with van der Waals surface area (Å²) in [6.45, 7) is 9.79. The molecule has 0 atom stereocenters. The summed E-state index contributed by atoms with van der Waals surface area (Å²) in [6, 6.07) is 0. The zero-order valence-electron chi connectivity index (χ0n) is 10.9. The minimum atomic E-state index is -0.484. The van der Waals surface area contributed by atoms with Crippen molar-refractivity contribution in [3.63, 3.8) is 0 Å². The first kappa shape index (κ1) is 13.0. The molecule has 1 aliphatic carbocycles. The largest absolute Gasteiger partial charge is 0.443 e. The third kappa shape index (κ3) is 3.83. The quantitative estimate of drug-likeness (QED) is 0.698. The van der Waals surface area contributed by atoms with Gasteiger partial charge in [0.1, 0.15) is 5.60 Å². The molecule has 1 saturated carbocycles. The van der Waals surface area contributed by atoms with E-state index in [-0.39, 0.29) is 5.41 Å². The maximum atomic E-state index is 11.4. The molecular weight excluding hydrogens is 204 g/mol. The monoisotopic (exact) mass is 226 g/mol. The molecule has 0 spiro atoms. The van der Waals surface area contributed by atoms with E-state index in [4.69, 9.17) is 4.74 Å². The van der Waals surface area contributed by atoms with Crippen LogP contribution in [0.5, 0.6) is 0 Å². The number of hydrazone groups is 1. The van der Waals surface area contributed by atoms with Gasteiger partial charge in [-0.25, -0.2) is 10.2 Å². The topological polar surface area (TPSA) is 50.7 Å². The Morgan fingerprint density at radius 1 is 1.44 bits per heavy atom. The molecule has 1 rings (SSSR count). The number of carbonyl (C=O) groups is 1. The van der Waals surface area contributed by atoms with Crippen molar-refractivity contribution in [2.24, 2.45) is 10.5 Å². The Morgan fingerprint density at radius 3 is 2.50 bits per heavy atom. The molecule has 0 aromatic carbocycles. The maximum Gasteiger partial charge on any atom is 0.428 e. The van der Waals surface area contributed by atoms with Gasteiger partial charge in [0.25, 0.3) is 0 Å². The summed E-state index contributed by atoms with van der Waals surface area (Å²) in [7, 11) is 0. The van der Waals surface area contributed by atoms with Crippen molar-refractivity contribution in [2.75, 3.05) is 0 Å². The summed E-state index contributed by atoms with van der Waals surface area (Å²) < 4.78 is 5.11. The van der Waals surface area contributed by atoms with Gasteiger partial charge in [-0.1, -0.05) is 13.8 Å². The van der Waals surface area contributed by atoms with Crippen molar-refractivity contribution in [1.29, 1.82) is 0 Å². The van der Waals surface area contributed by atoms with E-state index in [1.807, 2.05) is 20.8 Å². The molecule has 0 unspecified atom stereocenters. The fourth-order valence-electron chi connectivity index (χ4n) is 1.80. The fraction of sp³-hybridized carbons (Fsp3) is 0.833. The molecule has 92 valence electrons. The van der Waals surface area contributed by atoms with Crippen LogP contribution in [0.4, 0.5) is 4.79 Å². The predicted molar refractivity (Wildman–Crippen MR) is 64.4 cm³/mol. The molecule has 1 fully saturated rings. The second-order valence-electron chi connectivity index (χ2n) is 5.91. The van der Waals surface area contributed by atoms with E-state index in [1.165, 1.54) is 0 Å². The Morgan fingerprint density at radius 2 is 2.06 bits per heavy atom. The van der Waals surface area contributed by atoms with Crippen LogP contribution in [-0.2, 0) is 4.74 Å². The van der Waals surface area contributed by atoms with Gasteiger partial charge in [-0.05, 0) is 40.0 Å². The zero-order valence-corrected chi connectivity index (χ0v) is 10.9. The highest BCUT2D eigenvalue weighted by Crippen LogP contribution is 2.34. The first-order chi connectivity index (χ1) is 7.21. The van der Waals surface area contributed by atoms with Crippen molar-refractivity contribution >= 4 is 11.8 Å². The minimum absolute atomic E-state index is 0.106. The van der Waals surface area contributed by atoms with Crippen LogP contribution in [0.2, 0.25) is 0 Å². The number of hydrogen-bond donors (Lipinski definition) is 1. The average Bonchev–Trinajstić information content (AvgIpc) is 2.38. The van der Waals surface area contributed by atoms with Gasteiger partial charge in [0.2, 0.25) is 0 Å². The summed E-state index contributed by atoms with van der Waals surface area (Å²) in [5, 5.41) is 4.15. The lowest BCUT2D eigenvalue weighted by atomic mass is 9.90. The van der Waals surface area contributed by atoms with Gasteiger partial charge in [-0.15, -0.1) is 0 Å². The first-order valence-electron chi connectivity index (χ1n) is 5.77. The summed E-state index contributed by atoms with van der Waals surface area (Å²) in [5.41, 5.74) is 3.15. The Labute approximate surface area is 97.4 Å². The summed E-state index contributed by atoms with van der Waals surface area (Å²) >= 11 is 0. The lowest BCUT2D eigenvalue weighted by Crippen LogP contribution is -2.31. The highest BCUT2D eigenvalue weighted by atomic mass is 16.6. The van der Waals surface area contributed by atoms with Gasteiger partial charge in [0, 0.05) is 11.1 Å². The zero-order chi connectivity index (χ0) is 12.4. The Hall–Kier alpha value is -1.06. The molecule has 4 heteroatoms.